The number of nitrogens with one attached hydrogen (secondary N) is 2. The summed E-state index contributed by atoms with van der Waals surface area (Å²) in [5.41, 5.74) is 8.89. The summed E-state index contributed by atoms with van der Waals surface area (Å²) >= 11 is 2.21. The highest BCUT2D eigenvalue weighted by molar-refractivity contribution is 14.1. The van der Waals surface area contributed by atoms with Crippen LogP contribution in [0.15, 0.2) is 91.0 Å². The summed E-state index contributed by atoms with van der Waals surface area (Å²) in [5.74, 6) is -2.82. The van der Waals surface area contributed by atoms with E-state index in [2.05, 4.69) is 33.2 Å². The molecule has 0 saturated carbocycles. The van der Waals surface area contributed by atoms with Gasteiger partial charge in [-0.05, 0) is 81.6 Å². The maximum Gasteiger partial charge on any atom is 0.249 e. The first-order chi connectivity index (χ1) is 21.1. The average molecular weight is 712 g/mol. The molecule has 0 aromatic heterocycles. The molecule has 228 valence electrons. The van der Waals surface area contributed by atoms with Crippen molar-refractivity contribution in [3.63, 3.8) is 0 Å². The van der Waals surface area contributed by atoms with Crippen molar-refractivity contribution in [3.05, 3.63) is 128 Å². The quantitative estimate of drug-likeness (QED) is 0.106. The van der Waals surface area contributed by atoms with Gasteiger partial charge in [0.25, 0.3) is 0 Å². The number of Topliss-reactive ketones (excluding diaryl/α,β-unsaturated/α-hetero) is 1. The maximum atomic E-state index is 13.9. The second-order valence-corrected chi connectivity index (χ2v) is 11.6. The predicted octanol–water partition coefficient (Wildman–Crippen LogP) is 5.18. The molecule has 0 aliphatic carbocycles. The molecule has 0 aliphatic rings. The zero-order chi connectivity index (χ0) is 31.6. The van der Waals surface area contributed by atoms with E-state index in [9.17, 15) is 28.3 Å². The number of benzene rings is 4. The fourth-order valence-corrected chi connectivity index (χ4v) is 5.46. The number of primary amides is 1. The molecule has 0 fully saturated rings. The van der Waals surface area contributed by atoms with Crippen LogP contribution in [0.25, 0.3) is 11.1 Å². The Bertz CT molecular complexity index is 1610. The molecule has 4 rings (SSSR count). The van der Waals surface area contributed by atoms with Crippen molar-refractivity contribution in [3.8, 4) is 11.1 Å². The molecule has 0 unspecified atom stereocenters. The van der Waals surface area contributed by atoms with E-state index < -0.39 is 35.6 Å². The lowest BCUT2D eigenvalue weighted by atomic mass is 9.97. The van der Waals surface area contributed by atoms with E-state index in [1.54, 1.807) is 48.5 Å². The van der Waals surface area contributed by atoms with Gasteiger partial charge in [0, 0.05) is 46.7 Å². The molecule has 4 aromatic carbocycles. The van der Waals surface area contributed by atoms with Gasteiger partial charge in [-0.15, -0.1) is 0 Å². The molecule has 4 aromatic rings. The van der Waals surface area contributed by atoms with Crippen LogP contribution in [0.3, 0.4) is 0 Å². The Kier molecular flexibility index (Phi) is 11.7. The molecule has 5 N–H and O–H groups in total. The number of hydrogen-bond donors (Lipinski definition) is 4. The van der Waals surface area contributed by atoms with E-state index in [1.807, 2.05) is 24.3 Å². The first kappa shape index (κ1) is 32.9. The van der Waals surface area contributed by atoms with Crippen LogP contribution < -0.4 is 16.4 Å². The topological polar surface area (TPSA) is 122 Å². The van der Waals surface area contributed by atoms with E-state index >= 15 is 0 Å². The van der Waals surface area contributed by atoms with Gasteiger partial charge in [0.1, 0.15) is 11.6 Å². The summed E-state index contributed by atoms with van der Waals surface area (Å²) in [7, 11) is 0. The van der Waals surface area contributed by atoms with Gasteiger partial charge in [-0.1, -0.05) is 54.6 Å². The molecule has 0 heterocycles. The van der Waals surface area contributed by atoms with Gasteiger partial charge in [-0.25, -0.2) is 8.78 Å². The molecule has 0 spiro atoms. The van der Waals surface area contributed by atoms with Crippen LogP contribution in [0, 0.1) is 15.2 Å². The van der Waals surface area contributed by atoms with Crippen molar-refractivity contribution in [2.24, 2.45) is 5.73 Å². The summed E-state index contributed by atoms with van der Waals surface area (Å²) in [6.45, 7) is 0.586. The second-order valence-electron chi connectivity index (χ2n) is 10.4. The molecule has 10 heteroatoms. The Morgan fingerprint density at radius 3 is 2.23 bits per heavy atom. The van der Waals surface area contributed by atoms with E-state index in [0.29, 0.717) is 23.2 Å². The Labute approximate surface area is 268 Å². The highest BCUT2D eigenvalue weighted by Crippen LogP contribution is 2.24. The molecular formula is C34H32F2IN3O4. The van der Waals surface area contributed by atoms with Crippen LogP contribution in [-0.2, 0) is 17.8 Å². The van der Waals surface area contributed by atoms with Crippen molar-refractivity contribution >= 4 is 40.2 Å². The van der Waals surface area contributed by atoms with Gasteiger partial charge in [-0.2, -0.15) is 0 Å². The fourth-order valence-electron chi connectivity index (χ4n) is 4.86. The Morgan fingerprint density at radius 2 is 1.55 bits per heavy atom. The van der Waals surface area contributed by atoms with Crippen LogP contribution in [0.5, 0.6) is 0 Å². The lowest BCUT2D eigenvalue weighted by Gasteiger charge is -2.25. The van der Waals surface area contributed by atoms with Gasteiger partial charge in [0.2, 0.25) is 11.8 Å². The largest absolute Gasteiger partial charge is 0.390 e. The van der Waals surface area contributed by atoms with Crippen LogP contribution in [-0.4, -0.2) is 41.4 Å². The van der Waals surface area contributed by atoms with E-state index in [0.717, 1.165) is 32.9 Å². The van der Waals surface area contributed by atoms with Crippen molar-refractivity contribution in [2.45, 2.75) is 38.0 Å². The van der Waals surface area contributed by atoms with Gasteiger partial charge in [0.15, 0.2) is 5.78 Å². The van der Waals surface area contributed by atoms with Crippen molar-refractivity contribution in [1.82, 2.24) is 10.6 Å². The summed E-state index contributed by atoms with van der Waals surface area (Å²) < 4.78 is 28.8. The molecule has 44 heavy (non-hydrogen) atoms. The SMILES string of the molecule is NC(=O)c1ccccc1-c1ccc(C(=O)CCC(=O)N[C@H](Cc2cc(F)cc(F)c2)[C@H](O)CNCc2cccc(I)c2)cc1. The number of carbonyl (C=O) groups is 3. The maximum absolute atomic E-state index is 13.9. The lowest BCUT2D eigenvalue weighted by molar-refractivity contribution is -0.122. The molecule has 0 aliphatic heterocycles. The normalized spacial score (nSPS) is 12.4. The highest BCUT2D eigenvalue weighted by Gasteiger charge is 2.23. The number of aliphatic hydroxyl groups excluding tert-OH is 1. The Hall–Kier alpha value is -4.00. The first-order valence-corrected chi connectivity index (χ1v) is 15.1. The van der Waals surface area contributed by atoms with Gasteiger partial charge < -0.3 is 21.5 Å². The third kappa shape index (κ3) is 9.50. The summed E-state index contributed by atoms with van der Waals surface area (Å²) in [4.78, 5) is 37.5. The van der Waals surface area contributed by atoms with E-state index in [4.69, 9.17) is 5.73 Å². The lowest BCUT2D eigenvalue weighted by Crippen LogP contribution is -2.48. The number of amides is 2. The smallest absolute Gasteiger partial charge is 0.249 e. The number of carbonyl (C=O) groups excluding carboxylic acids is 3. The van der Waals surface area contributed by atoms with Crippen molar-refractivity contribution in [1.29, 1.82) is 0 Å². The summed E-state index contributed by atoms with van der Waals surface area (Å²) in [5, 5.41) is 16.9. The number of halogens is 3. The molecule has 0 saturated heterocycles. The minimum atomic E-state index is -1.08. The van der Waals surface area contributed by atoms with E-state index in [1.165, 1.54) is 0 Å². The third-order valence-electron chi connectivity index (χ3n) is 7.05. The highest BCUT2D eigenvalue weighted by atomic mass is 127. The number of ketones is 1. The van der Waals surface area contributed by atoms with Crippen LogP contribution in [0.2, 0.25) is 0 Å². The number of aliphatic hydroxyl groups is 1. The monoisotopic (exact) mass is 711 g/mol. The second kappa shape index (κ2) is 15.6. The van der Waals surface area contributed by atoms with Gasteiger partial charge in [0.05, 0.1) is 12.1 Å². The third-order valence-corrected chi connectivity index (χ3v) is 7.72. The molecule has 7 nitrogen and oxygen atoms in total. The first-order valence-electron chi connectivity index (χ1n) is 14.0. The average Bonchev–Trinajstić information content (AvgIpc) is 2.99. The standard InChI is InChI=1S/C34H32F2IN3O4/c35-25-14-22(15-26(36)18-25)17-30(32(42)20-39-19-21-4-3-5-27(37)16-21)40-33(43)13-12-31(41)24-10-8-23(9-11-24)28-6-1-2-7-29(28)34(38)44/h1-11,14-16,18,30,32,39,42H,12-13,17,19-20H2,(H2,38,44)(H,40,43)/t30-,32-/m1/s1. The van der Waals surface area contributed by atoms with Crippen molar-refractivity contribution in [2.75, 3.05) is 6.54 Å². The predicted molar refractivity (Wildman–Crippen MR) is 173 cm³/mol. The number of rotatable bonds is 14. The Balaban J connectivity index is 1.37. The Morgan fingerprint density at radius 1 is 0.841 bits per heavy atom. The molecule has 2 amide bonds. The van der Waals surface area contributed by atoms with Gasteiger partial charge >= 0.3 is 0 Å². The summed E-state index contributed by atoms with van der Waals surface area (Å²) in [6.07, 6.45) is -1.35. The zero-order valence-corrected chi connectivity index (χ0v) is 25.9. The number of hydrogen-bond acceptors (Lipinski definition) is 5. The minimum Gasteiger partial charge on any atom is -0.390 e. The molecule has 0 radical (unpaired) electrons. The van der Waals surface area contributed by atoms with E-state index in [-0.39, 0.29) is 37.2 Å². The molecular weight excluding hydrogens is 679 g/mol. The minimum absolute atomic E-state index is 0.0192. The zero-order valence-electron chi connectivity index (χ0n) is 23.7. The fraction of sp³-hybridized carbons (Fsp3) is 0.206. The number of nitrogens with two attached hydrogens (primary N) is 1. The van der Waals surface area contributed by atoms with Crippen molar-refractivity contribution < 1.29 is 28.3 Å². The van der Waals surface area contributed by atoms with Crippen LogP contribution >= 0.6 is 22.6 Å². The summed E-state index contributed by atoms with van der Waals surface area (Å²) in [6, 6.07) is 23.6. The van der Waals surface area contributed by atoms with Crippen LogP contribution in [0.4, 0.5) is 8.78 Å². The van der Waals surface area contributed by atoms with Crippen LogP contribution in [0.1, 0.15) is 44.7 Å². The molecule has 0 bridgehead atoms. The molecule has 2 atom stereocenters. The van der Waals surface area contributed by atoms with Gasteiger partial charge in [-0.3, -0.25) is 14.4 Å².